The van der Waals surface area contributed by atoms with E-state index in [1.807, 2.05) is 24.3 Å². The monoisotopic (exact) mass is 414 g/mol. The number of quaternary nitrogens is 1. The third-order valence-corrected chi connectivity index (χ3v) is 5.49. The Morgan fingerprint density at radius 1 is 0.793 bits per heavy atom. The maximum Gasteiger partial charge on any atom is 0.161 e. The molecule has 0 saturated heterocycles. The van der Waals surface area contributed by atoms with E-state index in [1.165, 1.54) is 16.0 Å². The molecule has 0 amide bonds. The lowest BCUT2D eigenvalue weighted by molar-refractivity contribution is -0.670. The van der Waals surface area contributed by atoms with Crippen molar-refractivity contribution in [2.75, 3.05) is 27.9 Å². The molecule has 29 heavy (non-hydrogen) atoms. The van der Waals surface area contributed by atoms with Gasteiger partial charge in [0.25, 0.3) is 0 Å². The van der Waals surface area contributed by atoms with Crippen LogP contribution >= 0.6 is 11.3 Å². The van der Waals surface area contributed by atoms with Crippen LogP contribution < -0.4 is 24.3 Å². The van der Waals surface area contributed by atoms with Gasteiger partial charge in [-0.1, -0.05) is 12.1 Å². The molecule has 0 aliphatic rings. The molecular formula is C23H28NO4S+. The van der Waals surface area contributed by atoms with E-state index in [4.69, 9.17) is 18.9 Å². The fourth-order valence-corrected chi connectivity index (χ4v) is 3.69. The minimum Gasteiger partial charge on any atom is -0.493 e. The molecule has 0 bridgehead atoms. The Balaban J connectivity index is 1.50. The van der Waals surface area contributed by atoms with E-state index in [1.54, 1.807) is 32.7 Å². The summed E-state index contributed by atoms with van der Waals surface area (Å²) in [6.07, 6.45) is 0.958. The van der Waals surface area contributed by atoms with Crippen LogP contribution in [0.15, 0.2) is 53.9 Å². The number of benzene rings is 2. The molecule has 0 spiro atoms. The van der Waals surface area contributed by atoms with Crippen LogP contribution in [0.2, 0.25) is 0 Å². The summed E-state index contributed by atoms with van der Waals surface area (Å²) in [5, 5.41) is 4.34. The van der Waals surface area contributed by atoms with Gasteiger partial charge in [0.15, 0.2) is 23.0 Å². The van der Waals surface area contributed by atoms with Gasteiger partial charge in [0.1, 0.15) is 13.2 Å². The summed E-state index contributed by atoms with van der Waals surface area (Å²) in [6, 6.07) is 16.3. The second-order valence-electron chi connectivity index (χ2n) is 6.57. The van der Waals surface area contributed by atoms with E-state index < -0.39 is 0 Å². The van der Waals surface area contributed by atoms with Gasteiger partial charge in [0.2, 0.25) is 0 Å². The summed E-state index contributed by atoms with van der Waals surface area (Å²) in [5.74, 6) is 3.07. The average molecular weight is 415 g/mol. The lowest BCUT2D eigenvalue weighted by Crippen LogP contribution is -2.83. The maximum absolute atomic E-state index is 5.90. The van der Waals surface area contributed by atoms with E-state index in [-0.39, 0.29) is 0 Å². The van der Waals surface area contributed by atoms with Gasteiger partial charge in [-0.15, -0.1) is 11.3 Å². The van der Waals surface area contributed by atoms with E-state index in [9.17, 15) is 0 Å². The third-order valence-electron chi connectivity index (χ3n) is 4.64. The minimum atomic E-state index is 0.560. The Morgan fingerprint density at radius 2 is 1.48 bits per heavy atom. The van der Waals surface area contributed by atoms with Gasteiger partial charge >= 0.3 is 0 Å². The van der Waals surface area contributed by atoms with Crippen LogP contribution in [-0.4, -0.2) is 27.9 Å². The van der Waals surface area contributed by atoms with Crippen LogP contribution in [0.1, 0.15) is 16.0 Å². The van der Waals surface area contributed by atoms with Crippen LogP contribution in [0.3, 0.4) is 0 Å². The van der Waals surface area contributed by atoms with Gasteiger partial charge in [-0.2, -0.15) is 0 Å². The molecule has 2 aromatic carbocycles. The molecule has 0 saturated carbocycles. The molecule has 5 nitrogen and oxygen atoms in total. The second kappa shape index (κ2) is 10.7. The predicted octanol–water partition coefficient (Wildman–Crippen LogP) is 3.66. The van der Waals surface area contributed by atoms with Crippen molar-refractivity contribution in [3.63, 3.8) is 0 Å². The first-order chi connectivity index (χ1) is 14.2. The Morgan fingerprint density at radius 3 is 2.21 bits per heavy atom. The first-order valence-corrected chi connectivity index (χ1v) is 10.5. The molecule has 1 heterocycles. The Kier molecular flexibility index (Phi) is 7.78. The summed E-state index contributed by atoms with van der Waals surface area (Å²) in [6.45, 7) is 2.42. The molecule has 0 unspecified atom stereocenters. The van der Waals surface area contributed by atoms with Crippen LogP contribution in [0.4, 0.5) is 0 Å². The number of nitrogens with two attached hydrogens (primary N) is 1. The van der Waals surface area contributed by atoms with E-state index in [2.05, 4.69) is 35.0 Å². The Hall–Kier alpha value is -2.70. The first-order valence-electron chi connectivity index (χ1n) is 9.58. The number of hydrogen-bond donors (Lipinski definition) is 1. The molecule has 0 fully saturated rings. The van der Waals surface area contributed by atoms with Crippen molar-refractivity contribution in [1.82, 2.24) is 0 Å². The molecule has 154 valence electrons. The fraction of sp³-hybridized carbons (Fsp3) is 0.304. The van der Waals surface area contributed by atoms with Gasteiger partial charge in [0.05, 0.1) is 27.9 Å². The summed E-state index contributed by atoms with van der Waals surface area (Å²) < 4.78 is 22.1. The highest BCUT2D eigenvalue weighted by atomic mass is 32.1. The average Bonchev–Trinajstić information content (AvgIpc) is 3.29. The SMILES string of the molecule is COc1ccc(CC[NH2+]Cc2ccc(OCc3cccs3)c(OC)c2)cc1OC. The van der Waals surface area contributed by atoms with Crippen molar-refractivity contribution < 1.29 is 24.3 Å². The quantitative estimate of drug-likeness (QED) is 0.487. The van der Waals surface area contributed by atoms with Gasteiger partial charge in [-0.3, -0.25) is 0 Å². The van der Waals surface area contributed by atoms with Crippen molar-refractivity contribution in [3.05, 3.63) is 69.9 Å². The maximum atomic E-state index is 5.90. The summed E-state index contributed by atoms with van der Waals surface area (Å²) in [4.78, 5) is 1.19. The number of methoxy groups -OCH3 is 3. The Labute approximate surface area is 176 Å². The highest BCUT2D eigenvalue weighted by Gasteiger charge is 2.09. The molecular weight excluding hydrogens is 386 g/mol. The normalized spacial score (nSPS) is 10.6. The van der Waals surface area contributed by atoms with Crippen molar-refractivity contribution in [2.45, 2.75) is 19.6 Å². The van der Waals surface area contributed by atoms with Crippen molar-refractivity contribution >= 4 is 11.3 Å². The molecule has 0 radical (unpaired) electrons. The van der Waals surface area contributed by atoms with Crippen molar-refractivity contribution in [1.29, 1.82) is 0 Å². The fourth-order valence-electron chi connectivity index (χ4n) is 3.08. The van der Waals surface area contributed by atoms with Crippen LogP contribution in [0.5, 0.6) is 23.0 Å². The number of rotatable bonds is 11. The number of thiophene rings is 1. The largest absolute Gasteiger partial charge is 0.493 e. The predicted molar refractivity (Wildman–Crippen MR) is 115 cm³/mol. The van der Waals surface area contributed by atoms with E-state index in [0.717, 1.165) is 42.5 Å². The van der Waals surface area contributed by atoms with Crippen LogP contribution in [0, 0.1) is 0 Å². The summed E-state index contributed by atoms with van der Waals surface area (Å²) in [7, 11) is 4.99. The first kappa shape index (κ1) is 21.0. The highest BCUT2D eigenvalue weighted by Crippen LogP contribution is 2.29. The molecule has 3 aromatic rings. The molecule has 0 aliphatic heterocycles. The molecule has 6 heteroatoms. The Bertz CT molecular complexity index is 896. The standard InChI is InChI=1S/C23H27NO4S/c1-25-20-8-6-17(13-22(20)26-2)10-11-24-15-18-7-9-21(23(14-18)27-3)28-16-19-5-4-12-29-19/h4-9,12-14,24H,10-11,15-16H2,1-3H3/p+1. The molecule has 0 aliphatic carbocycles. The zero-order valence-corrected chi connectivity index (χ0v) is 18.0. The minimum absolute atomic E-state index is 0.560. The number of hydrogen-bond acceptors (Lipinski definition) is 5. The van der Waals surface area contributed by atoms with Gasteiger partial charge in [-0.05, 0) is 47.3 Å². The van der Waals surface area contributed by atoms with Crippen molar-refractivity contribution in [3.8, 4) is 23.0 Å². The molecule has 3 rings (SSSR count). The summed E-state index contributed by atoms with van der Waals surface area (Å²) in [5.41, 5.74) is 2.44. The molecule has 0 atom stereocenters. The van der Waals surface area contributed by atoms with Crippen LogP contribution in [0.25, 0.3) is 0 Å². The third kappa shape index (κ3) is 5.89. The molecule has 2 N–H and O–H groups in total. The lowest BCUT2D eigenvalue weighted by Gasteiger charge is -2.12. The second-order valence-corrected chi connectivity index (χ2v) is 7.61. The highest BCUT2D eigenvalue weighted by molar-refractivity contribution is 7.09. The lowest BCUT2D eigenvalue weighted by atomic mass is 10.1. The van der Waals surface area contributed by atoms with Gasteiger partial charge in [-0.25, -0.2) is 0 Å². The van der Waals surface area contributed by atoms with Gasteiger partial charge < -0.3 is 24.3 Å². The van der Waals surface area contributed by atoms with Gasteiger partial charge in [0, 0.05) is 16.9 Å². The molecule has 1 aromatic heterocycles. The zero-order valence-electron chi connectivity index (χ0n) is 17.1. The summed E-state index contributed by atoms with van der Waals surface area (Å²) >= 11 is 1.69. The van der Waals surface area contributed by atoms with E-state index in [0.29, 0.717) is 6.61 Å². The zero-order chi connectivity index (χ0) is 20.5. The van der Waals surface area contributed by atoms with E-state index >= 15 is 0 Å². The smallest absolute Gasteiger partial charge is 0.161 e. The van der Waals surface area contributed by atoms with Crippen molar-refractivity contribution in [2.24, 2.45) is 0 Å². The topological polar surface area (TPSA) is 53.5 Å². The van der Waals surface area contributed by atoms with Crippen LogP contribution in [-0.2, 0) is 19.6 Å². The number of ether oxygens (including phenoxy) is 4.